The third kappa shape index (κ3) is 3.77. The molecule has 1 fully saturated rings. The number of hydrogen-bond acceptors (Lipinski definition) is 4. The number of piperidine rings is 1. The Hall–Kier alpha value is -1.47. The first-order chi connectivity index (χ1) is 9.58. The van der Waals surface area contributed by atoms with E-state index in [9.17, 15) is 14.9 Å². The summed E-state index contributed by atoms with van der Waals surface area (Å²) >= 11 is 3.25. The van der Waals surface area contributed by atoms with E-state index in [1.165, 1.54) is 24.6 Å². The first kappa shape index (κ1) is 14.9. The fourth-order valence-corrected chi connectivity index (χ4v) is 2.64. The minimum atomic E-state index is -0.508. The average molecular weight is 342 g/mol. The normalized spacial score (nSPS) is 18.6. The number of halogens is 1. The predicted molar refractivity (Wildman–Crippen MR) is 78.8 cm³/mol. The minimum absolute atomic E-state index is 0.0888. The van der Waals surface area contributed by atoms with E-state index < -0.39 is 4.92 Å². The molecule has 108 valence electrons. The van der Waals surface area contributed by atoms with Gasteiger partial charge in [-0.1, -0.05) is 6.42 Å². The summed E-state index contributed by atoms with van der Waals surface area (Å²) in [6.45, 7) is 1.51. The molecule has 0 spiro atoms. The van der Waals surface area contributed by atoms with Crippen LogP contribution in [0.4, 0.5) is 5.69 Å². The minimum Gasteiger partial charge on any atom is -0.350 e. The van der Waals surface area contributed by atoms with Crippen LogP contribution >= 0.6 is 15.9 Å². The third-order valence-electron chi connectivity index (χ3n) is 3.33. The molecule has 2 rings (SSSR count). The molecule has 1 heterocycles. The Bertz CT molecular complexity index is 516. The Morgan fingerprint density at radius 3 is 2.95 bits per heavy atom. The molecule has 0 aromatic heterocycles. The standard InChI is InChI=1S/C13H16BrN3O3/c14-12-5-4-10(17(19)20)7-11(12)13(18)16-8-9-3-1-2-6-15-9/h4-5,7,9,15H,1-3,6,8H2,(H,16,18). The van der Waals surface area contributed by atoms with Crippen molar-refractivity contribution >= 4 is 27.5 Å². The number of carbonyl (C=O) groups excluding carboxylic acids is 1. The van der Waals surface area contributed by atoms with Crippen molar-refractivity contribution in [3.05, 3.63) is 38.3 Å². The Morgan fingerprint density at radius 2 is 2.30 bits per heavy atom. The van der Waals surface area contributed by atoms with Crippen LogP contribution in [0.5, 0.6) is 0 Å². The topological polar surface area (TPSA) is 84.3 Å². The van der Waals surface area contributed by atoms with Crippen molar-refractivity contribution in [2.75, 3.05) is 13.1 Å². The van der Waals surface area contributed by atoms with Crippen molar-refractivity contribution < 1.29 is 9.72 Å². The summed E-state index contributed by atoms with van der Waals surface area (Å²) in [5.74, 6) is -0.298. The molecule has 7 heteroatoms. The zero-order valence-electron chi connectivity index (χ0n) is 10.9. The number of nitro benzene ring substituents is 1. The van der Waals surface area contributed by atoms with E-state index in [-0.39, 0.29) is 23.2 Å². The molecule has 0 aliphatic carbocycles. The summed E-state index contributed by atoms with van der Waals surface area (Å²) in [6, 6.07) is 4.45. The molecule has 1 unspecified atom stereocenters. The van der Waals surface area contributed by atoms with Gasteiger partial charge in [0.25, 0.3) is 11.6 Å². The molecule has 0 radical (unpaired) electrons. The van der Waals surface area contributed by atoms with Gasteiger partial charge in [-0.2, -0.15) is 0 Å². The average Bonchev–Trinajstić information content (AvgIpc) is 2.46. The second-order valence-electron chi connectivity index (χ2n) is 4.78. The van der Waals surface area contributed by atoms with Gasteiger partial charge in [0.1, 0.15) is 0 Å². The van der Waals surface area contributed by atoms with Crippen LogP contribution in [-0.4, -0.2) is 30.0 Å². The van der Waals surface area contributed by atoms with Gasteiger partial charge in [-0.25, -0.2) is 0 Å². The summed E-state index contributed by atoms with van der Waals surface area (Å²) in [4.78, 5) is 22.3. The molecule has 20 heavy (non-hydrogen) atoms. The lowest BCUT2D eigenvalue weighted by Gasteiger charge is -2.23. The first-order valence-electron chi connectivity index (χ1n) is 6.53. The highest BCUT2D eigenvalue weighted by Gasteiger charge is 2.17. The van der Waals surface area contributed by atoms with Crippen molar-refractivity contribution in [2.45, 2.75) is 25.3 Å². The summed E-state index contributed by atoms with van der Waals surface area (Å²) in [7, 11) is 0. The van der Waals surface area contributed by atoms with Crippen molar-refractivity contribution in [3.63, 3.8) is 0 Å². The molecule has 1 saturated heterocycles. The van der Waals surface area contributed by atoms with E-state index in [0.717, 1.165) is 19.4 Å². The van der Waals surface area contributed by atoms with Gasteiger partial charge in [-0.3, -0.25) is 14.9 Å². The number of carbonyl (C=O) groups is 1. The van der Waals surface area contributed by atoms with Crippen molar-refractivity contribution in [3.8, 4) is 0 Å². The fraction of sp³-hybridized carbons (Fsp3) is 0.462. The summed E-state index contributed by atoms with van der Waals surface area (Å²) in [6.07, 6.45) is 3.37. The number of nitrogens with zero attached hydrogens (tertiary/aromatic N) is 1. The molecular weight excluding hydrogens is 326 g/mol. The molecule has 2 N–H and O–H groups in total. The number of nitro groups is 1. The van der Waals surface area contributed by atoms with E-state index in [2.05, 4.69) is 26.6 Å². The van der Waals surface area contributed by atoms with Gasteiger partial charge in [0.2, 0.25) is 0 Å². The van der Waals surface area contributed by atoms with Gasteiger partial charge >= 0.3 is 0 Å². The van der Waals surface area contributed by atoms with Crippen LogP contribution in [0.2, 0.25) is 0 Å². The number of rotatable bonds is 4. The van der Waals surface area contributed by atoms with Gasteiger partial charge in [0.15, 0.2) is 0 Å². The Labute approximate surface area is 125 Å². The van der Waals surface area contributed by atoms with Crippen molar-refractivity contribution in [2.24, 2.45) is 0 Å². The first-order valence-corrected chi connectivity index (χ1v) is 7.33. The monoisotopic (exact) mass is 341 g/mol. The predicted octanol–water partition coefficient (Wildman–Crippen LogP) is 2.23. The van der Waals surface area contributed by atoms with E-state index in [0.29, 0.717) is 11.0 Å². The summed E-state index contributed by atoms with van der Waals surface area (Å²) < 4.78 is 0.553. The van der Waals surface area contributed by atoms with E-state index in [4.69, 9.17) is 0 Å². The number of nitrogens with one attached hydrogen (secondary N) is 2. The lowest BCUT2D eigenvalue weighted by Crippen LogP contribution is -2.43. The third-order valence-corrected chi connectivity index (χ3v) is 4.02. The highest BCUT2D eigenvalue weighted by molar-refractivity contribution is 9.10. The molecule has 1 amide bonds. The molecule has 6 nitrogen and oxygen atoms in total. The Kier molecular flexibility index (Phi) is 5.08. The quantitative estimate of drug-likeness (QED) is 0.649. The summed E-state index contributed by atoms with van der Waals surface area (Å²) in [5.41, 5.74) is 0.198. The SMILES string of the molecule is O=C(NCC1CCCCN1)c1cc([N+](=O)[O-])ccc1Br. The van der Waals surface area contributed by atoms with Crippen LogP contribution in [0.15, 0.2) is 22.7 Å². The van der Waals surface area contributed by atoms with Crippen molar-refractivity contribution in [1.82, 2.24) is 10.6 Å². The van der Waals surface area contributed by atoms with E-state index in [1.807, 2.05) is 0 Å². The molecule has 1 aromatic rings. The largest absolute Gasteiger partial charge is 0.350 e. The van der Waals surface area contributed by atoms with Crippen LogP contribution in [0.1, 0.15) is 29.6 Å². The van der Waals surface area contributed by atoms with Gasteiger partial charge in [-0.15, -0.1) is 0 Å². The summed E-state index contributed by atoms with van der Waals surface area (Å²) in [5, 5.41) is 16.9. The number of hydrogen-bond donors (Lipinski definition) is 2. The fourth-order valence-electron chi connectivity index (χ4n) is 2.21. The number of non-ortho nitro benzene ring substituents is 1. The Balaban J connectivity index is 2.00. The lowest BCUT2D eigenvalue weighted by molar-refractivity contribution is -0.384. The number of benzene rings is 1. The molecular formula is C13H16BrN3O3. The zero-order valence-corrected chi connectivity index (χ0v) is 12.5. The molecule has 1 atom stereocenters. The van der Waals surface area contributed by atoms with E-state index >= 15 is 0 Å². The maximum atomic E-state index is 12.1. The highest BCUT2D eigenvalue weighted by Crippen LogP contribution is 2.22. The van der Waals surface area contributed by atoms with Gasteiger partial charge in [-0.05, 0) is 41.4 Å². The van der Waals surface area contributed by atoms with Crippen LogP contribution in [-0.2, 0) is 0 Å². The van der Waals surface area contributed by atoms with Crippen molar-refractivity contribution in [1.29, 1.82) is 0 Å². The zero-order chi connectivity index (χ0) is 14.5. The van der Waals surface area contributed by atoms with Crippen LogP contribution in [0.3, 0.4) is 0 Å². The second kappa shape index (κ2) is 6.81. The van der Waals surface area contributed by atoms with Gasteiger partial charge in [0.05, 0.1) is 10.5 Å². The lowest BCUT2D eigenvalue weighted by atomic mass is 10.0. The molecule has 1 aliphatic heterocycles. The van der Waals surface area contributed by atoms with Crippen LogP contribution < -0.4 is 10.6 Å². The molecule has 0 bridgehead atoms. The number of amides is 1. The maximum absolute atomic E-state index is 12.1. The van der Waals surface area contributed by atoms with E-state index in [1.54, 1.807) is 0 Å². The molecule has 1 aliphatic rings. The smallest absolute Gasteiger partial charge is 0.270 e. The van der Waals surface area contributed by atoms with Crippen LogP contribution in [0, 0.1) is 10.1 Å². The maximum Gasteiger partial charge on any atom is 0.270 e. The molecule has 0 saturated carbocycles. The highest BCUT2D eigenvalue weighted by atomic mass is 79.9. The van der Waals surface area contributed by atoms with Gasteiger partial charge < -0.3 is 10.6 Å². The second-order valence-corrected chi connectivity index (χ2v) is 5.63. The van der Waals surface area contributed by atoms with Crippen LogP contribution in [0.25, 0.3) is 0 Å². The molecule has 1 aromatic carbocycles. The Morgan fingerprint density at radius 1 is 1.50 bits per heavy atom. The van der Waals surface area contributed by atoms with Gasteiger partial charge in [0, 0.05) is 29.2 Å².